The lowest BCUT2D eigenvalue weighted by Crippen LogP contribution is -2.22. The molecule has 0 N–H and O–H groups in total. The average molecular weight is 341 g/mol. The summed E-state index contributed by atoms with van der Waals surface area (Å²) in [4.78, 5) is 24.7. The Kier molecular flexibility index (Phi) is 12.3. The summed E-state index contributed by atoms with van der Waals surface area (Å²) in [6, 6.07) is 0. The van der Waals surface area contributed by atoms with Gasteiger partial charge in [-0.05, 0) is 37.0 Å². The minimum absolute atomic E-state index is 0.0570. The van der Waals surface area contributed by atoms with Crippen LogP contribution in [0.1, 0.15) is 73.6 Å². The van der Waals surface area contributed by atoms with E-state index in [1.54, 1.807) is 6.08 Å². The first-order valence-corrected chi connectivity index (χ1v) is 9.39. The third-order valence-corrected chi connectivity index (χ3v) is 3.88. The van der Waals surface area contributed by atoms with Crippen molar-refractivity contribution in [2.45, 2.75) is 73.6 Å². The Balaban J connectivity index is 5.21. The van der Waals surface area contributed by atoms with E-state index < -0.39 is 11.9 Å². The van der Waals surface area contributed by atoms with E-state index >= 15 is 0 Å². The minimum atomic E-state index is -0.556. The molecule has 0 aromatic rings. The van der Waals surface area contributed by atoms with Crippen LogP contribution in [0.15, 0.2) is 11.6 Å². The summed E-state index contributed by atoms with van der Waals surface area (Å²) < 4.78 is 10.5. The molecule has 0 saturated heterocycles. The molecule has 140 valence electrons. The fraction of sp³-hybridized carbons (Fsp3) is 0.800. The fourth-order valence-corrected chi connectivity index (χ4v) is 2.28. The summed E-state index contributed by atoms with van der Waals surface area (Å²) in [5, 5.41) is 0. The summed E-state index contributed by atoms with van der Waals surface area (Å²) in [5.41, 5.74) is 0.0570. The van der Waals surface area contributed by atoms with Crippen molar-refractivity contribution in [2.75, 3.05) is 13.2 Å². The predicted octanol–water partition coefficient (Wildman–Crippen LogP) is 4.92. The van der Waals surface area contributed by atoms with Crippen LogP contribution in [-0.2, 0) is 19.1 Å². The highest BCUT2D eigenvalue weighted by Crippen LogP contribution is 2.24. The molecule has 0 spiro atoms. The predicted molar refractivity (Wildman–Crippen MR) is 97.6 cm³/mol. The first kappa shape index (κ1) is 22.7. The second kappa shape index (κ2) is 13.0. The third kappa shape index (κ3) is 9.74. The SMILES string of the molecule is CCCCOC(=O)C(=CC(CC(C)C)C(C)C)C(=O)OCCCC. The number of carbonyl (C=O) groups is 2. The van der Waals surface area contributed by atoms with Gasteiger partial charge in [0.2, 0.25) is 0 Å². The van der Waals surface area contributed by atoms with Gasteiger partial charge in [-0.1, -0.05) is 60.5 Å². The molecule has 0 aliphatic carbocycles. The first-order valence-electron chi connectivity index (χ1n) is 9.39. The molecule has 0 bridgehead atoms. The van der Waals surface area contributed by atoms with E-state index in [4.69, 9.17) is 9.47 Å². The molecule has 0 heterocycles. The smallest absolute Gasteiger partial charge is 0.345 e. The molecule has 4 nitrogen and oxygen atoms in total. The van der Waals surface area contributed by atoms with Gasteiger partial charge in [0.25, 0.3) is 0 Å². The monoisotopic (exact) mass is 340 g/mol. The molecule has 0 rings (SSSR count). The van der Waals surface area contributed by atoms with Crippen LogP contribution in [0.5, 0.6) is 0 Å². The molecule has 0 aliphatic rings. The maximum Gasteiger partial charge on any atom is 0.345 e. The highest BCUT2D eigenvalue weighted by molar-refractivity contribution is 6.14. The molecule has 0 amide bonds. The van der Waals surface area contributed by atoms with Gasteiger partial charge in [0.05, 0.1) is 13.2 Å². The number of hydrogen-bond acceptors (Lipinski definition) is 4. The molecule has 24 heavy (non-hydrogen) atoms. The lowest BCUT2D eigenvalue weighted by molar-refractivity contribution is -0.147. The molecule has 0 fully saturated rings. The van der Waals surface area contributed by atoms with Crippen molar-refractivity contribution >= 4 is 11.9 Å². The Bertz CT molecular complexity index is 372. The minimum Gasteiger partial charge on any atom is -0.462 e. The second-order valence-corrected chi connectivity index (χ2v) is 7.10. The van der Waals surface area contributed by atoms with Gasteiger partial charge in [0.15, 0.2) is 0 Å². The highest BCUT2D eigenvalue weighted by Gasteiger charge is 2.24. The number of rotatable bonds is 12. The van der Waals surface area contributed by atoms with Crippen molar-refractivity contribution in [2.24, 2.45) is 17.8 Å². The maximum absolute atomic E-state index is 12.3. The van der Waals surface area contributed by atoms with Gasteiger partial charge in [0, 0.05) is 0 Å². The number of allylic oxidation sites excluding steroid dienone is 1. The van der Waals surface area contributed by atoms with Crippen LogP contribution in [0.3, 0.4) is 0 Å². The van der Waals surface area contributed by atoms with E-state index in [0.717, 1.165) is 32.1 Å². The summed E-state index contributed by atoms with van der Waals surface area (Å²) in [6.45, 7) is 13.2. The van der Waals surface area contributed by atoms with Crippen molar-refractivity contribution in [1.82, 2.24) is 0 Å². The van der Waals surface area contributed by atoms with Crippen LogP contribution in [0, 0.1) is 17.8 Å². The third-order valence-electron chi connectivity index (χ3n) is 3.88. The number of unbranched alkanes of at least 4 members (excludes halogenated alkanes) is 2. The second-order valence-electron chi connectivity index (χ2n) is 7.10. The Morgan fingerprint density at radius 1 is 0.875 bits per heavy atom. The summed E-state index contributed by atoms with van der Waals surface area (Å²) >= 11 is 0. The molecule has 0 aromatic carbocycles. The average Bonchev–Trinajstić information content (AvgIpc) is 2.50. The zero-order chi connectivity index (χ0) is 18.5. The molecule has 1 atom stereocenters. The van der Waals surface area contributed by atoms with Crippen molar-refractivity contribution in [3.63, 3.8) is 0 Å². The summed E-state index contributed by atoms with van der Waals surface area (Å²) in [7, 11) is 0. The van der Waals surface area contributed by atoms with E-state index in [2.05, 4.69) is 27.7 Å². The van der Waals surface area contributed by atoms with Crippen molar-refractivity contribution in [3.05, 3.63) is 11.6 Å². The number of hydrogen-bond donors (Lipinski definition) is 0. The summed E-state index contributed by atoms with van der Waals surface area (Å²) in [5.74, 6) is -0.132. The van der Waals surface area contributed by atoms with Crippen molar-refractivity contribution in [1.29, 1.82) is 0 Å². The standard InChI is InChI=1S/C20H36O4/c1-7-9-11-23-19(21)18(20(22)24-12-10-8-2)14-17(16(5)6)13-15(3)4/h14-17H,7-13H2,1-6H3. The van der Waals surface area contributed by atoms with Gasteiger partial charge < -0.3 is 9.47 Å². The molecular formula is C20H36O4. The van der Waals surface area contributed by atoms with E-state index in [1.807, 2.05) is 13.8 Å². The molecule has 0 radical (unpaired) electrons. The maximum atomic E-state index is 12.3. The Labute approximate surface area is 148 Å². The Morgan fingerprint density at radius 3 is 1.67 bits per heavy atom. The van der Waals surface area contributed by atoms with Gasteiger partial charge in [-0.15, -0.1) is 0 Å². The Hall–Kier alpha value is -1.32. The molecule has 0 aromatic heterocycles. The van der Waals surface area contributed by atoms with Crippen molar-refractivity contribution in [3.8, 4) is 0 Å². The van der Waals surface area contributed by atoms with Crippen LogP contribution in [0.25, 0.3) is 0 Å². The zero-order valence-corrected chi connectivity index (χ0v) is 16.4. The molecule has 4 heteroatoms. The lowest BCUT2D eigenvalue weighted by atomic mass is 9.86. The van der Waals surface area contributed by atoms with E-state index in [-0.39, 0.29) is 11.5 Å². The molecule has 0 saturated carbocycles. The quantitative estimate of drug-likeness (QED) is 0.166. The number of carbonyl (C=O) groups excluding carboxylic acids is 2. The van der Waals surface area contributed by atoms with Gasteiger partial charge >= 0.3 is 11.9 Å². The number of ether oxygens (including phenoxy) is 2. The lowest BCUT2D eigenvalue weighted by Gasteiger charge is -2.20. The van der Waals surface area contributed by atoms with Gasteiger partial charge in [-0.3, -0.25) is 0 Å². The summed E-state index contributed by atoms with van der Waals surface area (Å²) in [6.07, 6.45) is 6.16. The van der Waals surface area contributed by atoms with Crippen LogP contribution >= 0.6 is 0 Å². The van der Waals surface area contributed by atoms with Crippen molar-refractivity contribution < 1.29 is 19.1 Å². The Morgan fingerprint density at radius 2 is 1.33 bits per heavy atom. The van der Waals surface area contributed by atoms with Crippen LogP contribution in [-0.4, -0.2) is 25.2 Å². The molecule has 1 unspecified atom stereocenters. The van der Waals surface area contributed by atoms with Gasteiger partial charge in [0.1, 0.15) is 5.57 Å². The highest BCUT2D eigenvalue weighted by atomic mass is 16.6. The van der Waals surface area contributed by atoms with E-state index in [1.165, 1.54) is 0 Å². The normalized spacial score (nSPS) is 12.2. The van der Waals surface area contributed by atoms with Gasteiger partial charge in [-0.2, -0.15) is 0 Å². The fourth-order valence-electron chi connectivity index (χ4n) is 2.28. The largest absolute Gasteiger partial charge is 0.462 e. The topological polar surface area (TPSA) is 52.6 Å². The van der Waals surface area contributed by atoms with Crippen LogP contribution in [0.4, 0.5) is 0 Å². The molecular weight excluding hydrogens is 304 g/mol. The van der Waals surface area contributed by atoms with Crippen LogP contribution < -0.4 is 0 Å². The number of esters is 2. The van der Waals surface area contributed by atoms with Crippen LogP contribution in [0.2, 0.25) is 0 Å². The van der Waals surface area contributed by atoms with E-state index in [0.29, 0.717) is 25.0 Å². The molecule has 0 aliphatic heterocycles. The van der Waals surface area contributed by atoms with E-state index in [9.17, 15) is 9.59 Å². The first-order chi connectivity index (χ1) is 11.3. The van der Waals surface area contributed by atoms with Gasteiger partial charge in [-0.25, -0.2) is 9.59 Å². The zero-order valence-electron chi connectivity index (χ0n) is 16.4.